The van der Waals surface area contributed by atoms with Crippen molar-refractivity contribution in [2.45, 2.75) is 12.6 Å². The number of hydrogen-bond acceptors (Lipinski definition) is 3. The minimum Gasteiger partial charge on any atom is -0.333 e. The monoisotopic (exact) mass is 426 g/mol. The molecule has 1 aliphatic heterocycles. The Morgan fingerprint density at radius 2 is 1.87 bits per heavy atom. The van der Waals surface area contributed by atoms with E-state index in [0.717, 1.165) is 12.1 Å². The molecule has 0 aliphatic carbocycles. The highest BCUT2D eigenvalue weighted by atomic mass is 19.2. The first-order chi connectivity index (χ1) is 14.8. The first-order valence-electron chi connectivity index (χ1n) is 9.63. The number of likely N-dealkylation sites (N-methyl/N-ethyl adjacent to an activating group) is 1. The molecule has 0 radical (unpaired) electrons. The second kappa shape index (κ2) is 6.98. The molecule has 5 rings (SSSR count). The lowest BCUT2D eigenvalue weighted by Crippen LogP contribution is -2.42. The van der Waals surface area contributed by atoms with Gasteiger partial charge in [0.2, 0.25) is 0 Å². The average Bonchev–Trinajstić information content (AvgIpc) is 3.19. The lowest BCUT2D eigenvalue weighted by molar-refractivity contribution is 0.0723. The molecule has 3 aromatic heterocycles. The van der Waals surface area contributed by atoms with Crippen molar-refractivity contribution >= 4 is 22.2 Å². The second-order valence-corrected chi connectivity index (χ2v) is 7.60. The molecule has 158 valence electrons. The quantitative estimate of drug-likeness (QED) is 0.518. The summed E-state index contributed by atoms with van der Waals surface area (Å²) >= 11 is 0. The van der Waals surface area contributed by atoms with Crippen LogP contribution in [0, 0.1) is 17.5 Å². The number of nitrogens with zero attached hydrogens (tertiary/aromatic N) is 2. The third-order valence-electron chi connectivity index (χ3n) is 5.77. The Hall–Kier alpha value is -3.59. The first kappa shape index (κ1) is 19.4. The van der Waals surface area contributed by atoms with Gasteiger partial charge in [-0.15, -0.1) is 0 Å². The van der Waals surface area contributed by atoms with E-state index in [1.807, 2.05) is 0 Å². The molecule has 1 aromatic carbocycles. The van der Waals surface area contributed by atoms with Gasteiger partial charge in [-0.1, -0.05) is 0 Å². The fraction of sp³-hybridized carbons (Fsp3) is 0.182. The second-order valence-electron chi connectivity index (χ2n) is 7.60. The molecule has 0 saturated heterocycles. The van der Waals surface area contributed by atoms with Crippen molar-refractivity contribution in [3.63, 3.8) is 0 Å². The van der Waals surface area contributed by atoms with E-state index >= 15 is 0 Å². The van der Waals surface area contributed by atoms with Crippen molar-refractivity contribution in [3.8, 4) is 0 Å². The van der Waals surface area contributed by atoms with Gasteiger partial charge in [-0.2, -0.15) is 0 Å². The SMILES string of the molecule is CN(C(=O)c1cc2c(F)cccn2c1)C1CNCc2[nH]c(=O)c3cc(F)c(F)cc3c21. The molecule has 1 amide bonds. The predicted molar refractivity (Wildman–Crippen MR) is 108 cm³/mol. The highest BCUT2D eigenvalue weighted by Gasteiger charge is 2.31. The van der Waals surface area contributed by atoms with Crippen molar-refractivity contribution in [2.75, 3.05) is 13.6 Å². The highest BCUT2D eigenvalue weighted by molar-refractivity contribution is 5.96. The maximum Gasteiger partial charge on any atom is 0.256 e. The summed E-state index contributed by atoms with van der Waals surface area (Å²) in [5.41, 5.74) is 1.09. The topological polar surface area (TPSA) is 69.6 Å². The number of fused-ring (bicyclic) bond motifs is 4. The van der Waals surface area contributed by atoms with Gasteiger partial charge in [0, 0.05) is 43.8 Å². The van der Waals surface area contributed by atoms with Crippen LogP contribution < -0.4 is 10.9 Å². The summed E-state index contributed by atoms with van der Waals surface area (Å²) in [4.78, 5) is 29.8. The van der Waals surface area contributed by atoms with Crippen molar-refractivity contribution in [3.05, 3.63) is 87.4 Å². The molecule has 0 fully saturated rings. The standard InChI is InChI=1S/C22H17F3N4O2/c1-28(22(31)11-5-18-14(23)3-2-4-29(18)10-11)19-9-26-8-17-20(19)12-6-15(24)16(25)7-13(12)21(30)27-17/h2-7,10,19,26H,8-9H2,1H3,(H,27,30). The number of aromatic nitrogens is 2. The molecule has 1 atom stereocenters. The zero-order chi connectivity index (χ0) is 21.9. The van der Waals surface area contributed by atoms with E-state index in [4.69, 9.17) is 0 Å². The van der Waals surface area contributed by atoms with Gasteiger partial charge in [-0.3, -0.25) is 9.59 Å². The Morgan fingerprint density at radius 3 is 2.61 bits per heavy atom. The van der Waals surface area contributed by atoms with Gasteiger partial charge in [0.1, 0.15) is 5.82 Å². The lowest BCUT2D eigenvalue weighted by Gasteiger charge is -2.34. The van der Waals surface area contributed by atoms with Crippen LogP contribution in [0.15, 0.2) is 47.5 Å². The Kier molecular flexibility index (Phi) is 4.37. The fourth-order valence-electron chi connectivity index (χ4n) is 4.24. The summed E-state index contributed by atoms with van der Waals surface area (Å²) in [5, 5.41) is 3.41. The third-order valence-corrected chi connectivity index (χ3v) is 5.77. The number of nitrogens with one attached hydrogen (secondary N) is 2. The number of rotatable bonds is 2. The minimum atomic E-state index is -1.12. The summed E-state index contributed by atoms with van der Waals surface area (Å²) in [6.07, 6.45) is 3.18. The van der Waals surface area contributed by atoms with E-state index in [2.05, 4.69) is 10.3 Å². The van der Waals surface area contributed by atoms with Gasteiger partial charge in [0.05, 0.1) is 22.5 Å². The third kappa shape index (κ3) is 3.00. The van der Waals surface area contributed by atoms with Crippen LogP contribution in [0.1, 0.15) is 27.7 Å². The summed E-state index contributed by atoms with van der Waals surface area (Å²) < 4.78 is 43.4. The van der Waals surface area contributed by atoms with E-state index in [1.165, 1.54) is 33.7 Å². The van der Waals surface area contributed by atoms with Crippen LogP contribution in [-0.2, 0) is 6.54 Å². The lowest BCUT2D eigenvalue weighted by atomic mass is 9.93. The smallest absolute Gasteiger partial charge is 0.256 e. The van der Waals surface area contributed by atoms with E-state index < -0.39 is 29.1 Å². The summed E-state index contributed by atoms with van der Waals surface area (Å²) in [5.74, 6) is -3.00. The zero-order valence-corrected chi connectivity index (χ0v) is 16.4. The highest BCUT2D eigenvalue weighted by Crippen LogP contribution is 2.32. The molecule has 4 aromatic rings. The van der Waals surface area contributed by atoms with Crippen molar-refractivity contribution in [1.82, 2.24) is 19.6 Å². The van der Waals surface area contributed by atoms with Crippen LogP contribution in [0.5, 0.6) is 0 Å². The molecule has 31 heavy (non-hydrogen) atoms. The van der Waals surface area contributed by atoms with Crippen molar-refractivity contribution in [2.24, 2.45) is 0 Å². The van der Waals surface area contributed by atoms with E-state index in [1.54, 1.807) is 13.2 Å². The molecule has 9 heteroatoms. The number of pyridine rings is 2. The van der Waals surface area contributed by atoms with Gasteiger partial charge >= 0.3 is 0 Å². The Bertz CT molecular complexity index is 1430. The number of carbonyl (C=O) groups excluding carboxylic acids is 1. The number of carbonyl (C=O) groups is 1. The summed E-state index contributed by atoms with van der Waals surface area (Å²) in [6.45, 7) is 0.663. The predicted octanol–water partition coefficient (Wildman–Crippen LogP) is 3.11. The average molecular weight is 426 g/mol. The molecule has 1 unspecified atom stereocenters. The molecule has 6 nitrogen and oxygen atoms in total. The van der Waals surface area contributed by atoms with Gasteiger partial charge in [0.25, 0.3) is 11.5 Å². The van der Waals surface area contributed by atoms with Crippen LogP contribution in [0.25, 0.3) is 16.3 Å². The van der Waals surface area contributed by atoms with Crippen LogP contribution in [-0.4, -0.2) is 33.8 Å². The number of benzene rings is 1. The van der Waals surface area contributed by atoms with E-state index in [9.17, 15) is 22.8 Å². The maximum absolute atomic E-state index is 14.0. The Balaban J connectivity index is 1.62. The van der Waals surface area contributed by atoms with E-state index in [0.29, 0.717) is 24.3 Å². The van der Waals surface area contributed by atoms with Gasteiger partial charge in [0.15, 0.2) is 11.6 Å². The van der Waals surface area contributed by atoms with Crippen molar-refractivity contribution in [1.29, 1.82) is 0 Å². The van der Waals surface area contributed by atoms with E-state index in [-0.39, 0.29) is 27.8 Å². The van der Waals surface area contributed by atoms with Gasteiger partial charge in [-0.25, -0.2) is 13.2 Å². The summed E-state index contributed by atoms with van der Waals surface area (Å²) in [7, 11) is 1.58. The number of halogens is 3. The van der Waals surface area contributed by atoms with Crippen LogP contribution in [0.4, 0.5) is 13.2 Å². The van der Waals surface area contributed by atoms with Crippen molar-refractivity contribution < 1.29 is 18.0 Å². The molecular formula is C22H17F3N4O2. The first-order valence-corrected chi connectivity index (χ1v) is 9.63. The molecule has 4 heterocycles. The molecule has 1 aliphatic rings. The minimum absolute atomic E-state index is 0.0158. The van der Waals surface area contributed by atoms with Crippen LogP contribution >= 0.6 is 0 Å². The number of H-pyrrole nitrogens is 1. The molecule has 0 saturated carbocycles. The molecule has 0 bridgehead atoms. The van der Waals surface area contributed by atoms with Crippen LogP contribution in [0.3, 0.4) is 0 Å². The molecule has 0 spiro atoms. The molecule has 2 N–H and O–H groups in total. The normalized spacial score (nSPS) is 15.9. The number of hydrogen-bond donors (Lipinski definition) is 2. The molecular weight excluding hydrogens is 409 g/mol. The number of aromatic amines is 1. The Labute approximate surface area is 173 Å². The van der Waals surface area contributed by atoms with Gasteiger partial charge < -0.3 is 19.6 Å². The van der Waals surface area contributed by atoms with Crippen LogP contribution in [0.2, 0.25) is 0 Å². The van der Waals surface area contributed by atoms with Gasteiger partial charge in [-0.05, 0) is 35.7 Å². The Morgan fingerprint density at radius 1 is 1.13 bits per heavy atom. The maximum atomic E-state index is 14.0. The zero-order valence-electron chi connectivity index (χ0n) is 16.4. The number of amides is 1. The largest absolute Gasteiger partial charge is 0.333 e. The summed E-state index contributed by atoms with van der Waals surface area (Å²) in [6, 6.07) is 5.62. The fourth-order valence-corrected chi connectivity index (χ4v) is 4.24.